The quantitative estimate of drug-likeness (QED) is 0.790. The van der Waals surface area contributed by atoms with Gasteiger partial charge in [-0.15, -0.1) is 0 Å². The Morgan fingerprint density at radius 2 is 1.88 bits per heavy atom. The van der Waals surface area contributed by atoms with Crippen molar-refractivity contribution in [3.05, 3.63) is 0 Å². The van der Waals surface area contributed by atoms with Crippen molar-refractivity contribution in [2.45, 2.75) is 51.6 Å². The van der Waals surface area contributed by atoms with Crippen LogP contribution in [0.25, 0.3) is 0 Å². The third-order valence-electron chi connectivity index (χ3n) is 4.38. The smallest absolute Gasteiger partial charge is 0.0235 e. The molecule has 3 nitrogen and oxygen atoms in total. The molecule has 0 amide bonds. The van der Waals surface area contributed by atoms with Gasteiger partial charge in [-0.05, 0) is 44.7 Å². The summed E-state index contributed by atoms with van der Waals surface area (Å²) in [7, 11) is 0. The Labute approximate surface area is 106 Å². The molecule has 0 radical (unpaired) electrons. The standard InChI is InChI=1S/C14H29N3/c1-12(2)9-14(10-15)17-8-5-13(11-17)16-6-3-4-7-16/h12-14H,3-11,15H2,1-2H3. The first kappa shape index (κ1) is 13.3. The van der Waals surface area contributed by atoms with Crippen molar-refractivity contribution >= 4 is 0 Å². The fraction of sp³-hybridized carbons (Fsp3) is 1.00. The van der Waals surface area contributed by atoms with Crippen molar-refractivity contribution in [2.24, 2.45) is 11.7 Å². The van der Waals surface area contributed by atoms with Crippen LogP contribution in [0.1, 0.15) is 39.5 Å². The maximum atomic E-state index is 5.94. The third-order valence-corrected chi connectivity index (χ3v) is 4.38. The molecule has 17 heavy (non-hydrogen) atoms. The molecule has 2 N–H and O–H groups in total. The molecule has 0 bridgehead atoms. The van der Waals surface area contributed by atoms with Crippen LogP contribution in [0.4, 0.5) is 0 Å². The van der Waals surface area contributed by atoms with Gasteiger partial charge in [0.1, 0.15) is 0 Å². The molecule has 2 aliphatic heterocycles. The minimum absolute atomic E-state index is 0.614. The molecule has 2 aliphatic rings. The summed E-state index contributed by atoms with van der Waals surface area (Å²) in [5, 5.41) is 0. The molecule has 2 heterocycles. The Morgan fingerprint density at radius 1 is 1.18 bits per heavy atom. The summed E-state index contributed by atoms with van der Waals surface area (Å²) < 4.78 is 0. The van der Waals surface area contributed by atoms with Gasteiger partial charge in [0.2, 0.25) is 0 Å². The highest BCUT2D eigenvalue weighted by Gasteiger charge is 2.32. The van der Waals surface area contributed by atoms with Crippen LogP contribution in [-0.2, 0) is 0 Å². The van der Waals surface area contributed by atoms with Crippen LogP contribution in [-0.4, -0.2) is 54.6 Å². The van der Waals surface area contributed by atoms with E-state index < -0.39 is 0 Å². The molecule has 2 unspecified atom stereocenters. The van der Waals surface area contributed by atoms with E-state index in [2.05, 4.69) is 23.6 Å². The summed E-state index contributed by atoms with van der Waals surface area (Å²) in [6.07, 6.45) is 5.42. The fourth-order valence-electron chi connectivity index (χ4n) is 3.44. The minimum atomic E-state index is 0.614. The van der Waals surface area contributed by atoms with Crippen LogP contribution in [0.3, 0.4) is 0 Å². The number of likely N-dealkylation sites (tertiary alicyclic amines) is 2. The van der Waals surface area contributed by atoms with Crippen LogP contribution in [0.5, 0.6) is 0 Å². The molecule has 0 aliphatic carbocycles. The van der Waals surface area contributed by atoms with Gasteiger partial charge in [0.25, 0.3) is 0 Å². The fourth-order valence-corrected chi connectivity index (χ4v) is 3.44. The van der Waals surface area contributed by atoms with Gasteiger partial charge >= 0.3 is 0 Å². The highest BCUT2D eigenvalue weighted by molar-refractivity contribution is 4.89. The first-order chi connectivity index (χ1) is 8.20. The van der Waals surface area contributed by atoms with Crippen LogP contribution in [0, 0.1) is 5.92 Å². The summed E-state index contributed by atoms with van der Waals surface area (Å²) >= 11 is 0. The Bertz CT molecular complexity index is 224. The maximum Gasteiger partial charge on any atom is 0.0235 e. The lowest BCUT2D eigenvalue weighted by molar-refractivity contribution is 0.186. The van der Waals surface area contributed by atoms with Crippen molar-refractivity contribution in [2.75, 3.05) is 32.7 Å². The van der Waals surface area contributed by atoms with Gasteiger partial charge in [0.15, 0.2) is 0 Å². The van der Waals surface area contributed by atoms with Gasteiger partial charge in [-0.1, -0.05) is 13.8 Å². The van der Waals surface area contributed by atoms with E-state index in [0.717, 1.165) is 18.5 Å². The second-order valence-corrected chi connectivity index (χ2v) is 6.20. The maximum absolute atomic E-state index is 5.94. The molecule has 0 aromatic heterocycles. The molecule has 2 saturated heterocycles. The summed E-state index contributed by atoms with van der Waals surface area (Å²) in [4.78, 5) is 5.34. The normalized spacial score (nSPS) is 29.3. The van der Waals surface area contributed by atoms with E-state index in [9.17, 15) is 0 Å². The summed E-state index contributed by atoms with van der Waals surface area (Å²) in [5.41, 5.74) is 5.94. The van der Waals surface area contributed by atoms with E-state index in [1.54, 1.807) is 0 Å². The Morgan fingerprint density at radius 3 is 2.47 bits per heavy atom. The van der Waals surface area contributed by atoms with Crippen LogP contribution in [0.15, 0.2) is 0 Å². The third kappa shape index (κ3) is 3.43. The molecule has 0 aromatic rings. The van der Waals surface area contributed by atoms with Crippen molar-refractivity contribution in [3.8, 4) is 0 Å². The Hall–Kier alpha value is -0.120. The first-order valence-corrected chi connectivity index (χ1v) is 7.39. The Balaban J connectivity index is 1.82. The van der Waals surface area contributed by atoms with Crippen molar-refractivity contribution in [1.82, 2.24) is 9.80 Å². The lowest BCUT2D eigenvalue weighted by Crippen LogP contribution is -2.42. The van der Waals surface area contributed by atoms with Crippen LogP contribution < -0.4 is 5.73 Å². The number of nitrogens with zero attached hydrogens (tertiary/aromatic N) is 2. The van der Waals surface area contributed by atoms with Gasteiger partial charge in [-0.25, -0.2) is 0 Å². The zero-order valence-corrected chi connectivity index (χ0v) is 11.6. The number of rotatable bonds is 5. The van der Waals surface area contributed by atoms with Crippen molar-refractivity contribution < 1.29 is 0 Å². The van der Waals surface area contributed by atoms with E-state index in [0.29, 0.717) is 6.04 Å². The van der Waals surface area contributed by atoms with Crippen LogP contribution in [0.2, 0.25) is 0 Å². The Kier molecular flexibility index (Phi) is 4.83. The van der Waals surface area contributed by atoms with Gasteiger partial charge in [-0.2, -0.15) is 0 Å². The molecule has 2 fully saturated rings. The van der Waals surface area contributed by atoms with Crippen LogP contribution >= 0.6 is 0 Å². The van der Waals surface area contributed by atoms with Gasteiger partial charge in [0.05, 0.1) is 0 Å². The van der Waals surface area contributed by atoms with Crippen molar-refractivity contribution in [1.29, 1.82) is 0 Å². The number of hydrogen-bond donors (Lipinski definition) is 1. The number of hydrogen-bond acceptors (Lipinski definition) is 3. The lowest BCUT2D eigenvalue weighted by Gasteiger charge is -2.29. The first-order valence-electron chi connectivity index (χ1n) is 7.39. The van der Waals surface area contributed by atoms with Gasteiger partial charge in [-0.3, -0.25) is 9.80 Å². The predicted octanol–water partition coefficient (Wildman–Crippen LogP) is 1.53. The molecule has 100 valence electrons. The van der Waals surface area contributed by atoms with Gasteiger partial charge < -0.3 is 5.73 Å². The summed E-state index contributed by atoms with van der Waals surface area (Å²) in [6.45, 7) is 10.6. The number of nitrogens with two attached hydrogens (primary N) is 1. The molecule has 2 rings (SSSR count). The predicted molar refractivity (Wildman–Crippen MR) is 73.1 cm³/mol. The molecular formula is C14H29N3. The molecule has 3 heteroatoms. The monoisotopic (exact) mass is 239 g/mol. The molecule has 0 aromatic carbocycles. The lowest BCUT2D eigenvalue weighted by atomic mass is 10.0. The molecular weight excluding hydrogens is 210 g/mol. The topological polar surface area (TPSA) is 32.5 Å². The molecule has 2 atom stereocenters. The van der Waals surface area contributed by atoms with E-state index in [1.165, 1.54) is 51.9 Å². The largest absolute Gasteiger partial charge is 0.329 e. The molecule has 0 spiro atoms. The second-order valence-electron chi connectivity index (χ2n) is 6.20. The van der Waals surface area contributed by atoms with E-state index in [1.807, 2.05) is 0 Å². The SMILES string of the molecule is CC(C)CC(CN)N1CCC(N2CCCC2)C1. The van der Waals surface area contributed by atoms with E-state index >= 15 is 0 Å². The zero-order valence-electron chi connectivity index (χ0n) is 11.6. The van der Waals surface area contributed by atoms with E-state index in [-0.39, 0.29) is 0 Å². The van der Waals surface area contributed by atoms with Gasteiger partial charge in [0, 0.05) is 31.7 Å². The highest BCUT2D eigenvalue weighted by Crippen LogP contribution is 2.23. The van der Waals surface area contributed by atoms with Crippen molar-refractivity contribution in [3.63, 3.8) is 0 Å². The van der Waals surface area contributed by atoms with E-state index in [4.69, 9.17) is 5.73 Å². The minimum Gasteiger partial charge on any atom is -0.329 e. The highest BCUT2D eigenvalue weighted by atomic mass is 15.3. The summed E-state index contributed by atoms with van der Waals surface area (Å²) in [5.74, 6) is 0.759. The zero-order chi connectivity index (χ0) is 12.3. The summed E-state index contributed by atoms with van der Waals surface area (Å²) in [6, 6.07) is 1.43. The molecule has 0 saturated carbocycles. The average Bonchev–Trinajstić information content (AvgIpc) is 2.95. The second kappa shape index (κ2) is 6.17. The average molecular weight is 239 g/mol.